The summed E-state index contributed by atoms with van der Waals surface area (Å²) in [6, 6.07) is 11.9. The number of carbonyl (C=O) groups excluding carboxylic acids is 2. The van der Waals surface area contributed by atoms with Gasteiger partial charge in [0.25, 0.3) is 5.91 Å². The molecule has 2 amide bonds. The van der Waals surface area contributed by atoms with E-state index in [0.29, 0.717) is 23.6 Å². The van der Waals surface area contributed by atoms with Crippen LogP contribution in [0.4, 0.5) is 0 Å². The summed E-state index contributed by atoms with van der Waals surface area (Å²) >= 11 is 5.83. The summed E-state index contributed by atoms with van der Waals surface area (Å²) in [6.45, 7) is 4.03. The second-order valence-electron chi connectivity index (χ2n) is 6.93. The molecular formula is C20H24ClN3O4S. The average Bonchev–Trinajstić information content (AvgIpc) is 2.65. The first-order valence-corrected chi connectivity index (χ1v) is 11.0. The minimum atomic E-state index is -3.73. The maximum Gasteiger partial charge on any atom is 0.251 e. The highest BCUT2D eigenvalue weighted by Gasteiger charge is 2.24. The van der Waals surface area contributed by atoms with Gasteiger partial charge in [0.1, 0.15) is 6.04 Å². The van der Waals surface area contributed by atoms with Gasteiger partial charge in [-0.1, -0.05) is 37.6 Å². The Morgan fingerprint density at radius 2 is 1.62 bits per heavy atom. The lowest BCUT2D eigenvalue weighted by Gasteiger charge is -2.22. The van der Waals surface area contributed by atoms with Crippen LogP contribution < -0.4 is 15.8 Å². The summed E-state index contributed by atoms with van der Waals surface area (Å²) in [5.74, 6) is -0.752. The number of amides is 2. The molecule has 0 heterocycles. The van der Waals surface area contributed by atoms with Gasteiger partial charge in [-0.25, -0.2) is 13.6 Å². The molecule has 0 aromatic heterocycles. The average molecular weight is 438 g/mol. The molecule has 0 aliphatic carbocycles. The molecule has 0 radical (unpaired) electrons. The molecule has 0 spiro atoms. The number of rotatable bonds is 8. The zero-order valence-corrected chi connectivity index (χ0v) is 17.8. The zero-order chi connectivity index (χ0) is 21.6. The molecule has 0 aliphatic rings. The molecule has 29 heavy (non-hydrogen) atoms. The summed E-state index contributed by atoms with van der Waals surface area (Å²) in [5.41, 5.74) is 1.27. The van der Waals surface area contributed by atoms with Gasteiger partial charge in [-0.2, -0.15) is 0 Å². The highest BCUT2D eigenvalue weighted by Crippen LogP contribution is 2.11. The highest BCUT2D eigenvalue weighted by atomic mass is 35.5. The Hall–Kier alpha value is -2.42. The van der Waals surface area contributed by atoms with E-state index < -0.39 is 16.1 Å². The third-order valence-electron chi connectivity index (χ3n) is 4.31. The van der Waals surface area contributed by atoms with Crippen LogP contribution in [0.25, 0.3) is 0 Å². The molecule has 0 saturated heterocycles. The van der Waals surface area contributed by atoms with Gasteiger partial charge >= 0.3 is 0 Å². The fraction of sp³-hybridized carbons (Fsp3) is 0.300. The van der Waals surface area contributed by atoms with Crippen molar-refractivity contribution >= 4 is 33.4 Å². The molecule has 0 saturated carbocycles. The van der Waals surface area contributed by atoms with Gasteiger partial charge in [0, 0.05) is 17.1 Å². The van der Waals surface area contributed by atoms with Gasteiger partial charge in [0.2, 0.25) is 15.9 Å². The number of nitrogens with one attached hydrogen (secondary N) is 2. The first-order valence-electron chi connectivity index (χ1n) is 9.04. The molecule has 0 bridgehead atoms. The Labute approximate surface area is 175 Å². The Morgan fingerprint density at radius 3 is 2.14 bits per heavy atom. The smallest absolute Gasteiger partial charge is 0.251 e. The summed E-state index contributed by atoms with van der Waals surface area (Å²) in [5, 5.41) is 11.2. The number of sulfonamides is 1. The van der Waals surface area contributed by atoms with E-state index in [0.717, 1.165) is 5.56 Å². The van der Waals surface area contributed by atoms with Crippen LogP contribution in [0.15, 0.2) is 53.4 Å². The molecule has 9 heteroatoms. The van der Waals surface area contributed by atoms with E-state index in [-0.39, 0.29) is 22.6 Å². The van der Waals surface area contributed by atoms with Crippen molar-refractivity contribution in [1.29, 1.82) is 0 Å². The number of hydrogen-bond acceptors (Lipinski definition) is 4. The van der Waals surface area contributed by atoms with Crippen molar-refractivity contribution in [3.63, 3.8) is 0 Å². The van der Waals surface area contributed by atoms with E-state index in [1.54, 1.807) is 36.4 Å². The molecule has 2 aromatic rings. The quantitative estimate of drug-likeness (QED) is 0.585. The van der Waals surface area contributed by atoms with Crippen LogP contribution >= 0.6 is 11.6 Å². The van der Waals surface area contributed by atoms with Crippen molar-refractivity contribution in [2.45, 2.75) is 31.2 Å². The van der Waals surface area contributed by atoms with Crippen LogP contribution in [0.3, 0.4) is 0 Å². The molecule has 7 nitrogen and oxygen atoms in total. The molecule has 2 rings (SSSR count). The van der Waals surface area contributed by atoms with Crippen LogP contribution in [0.5, 0.6) is 0 Å². The highest BCUT2D eigenvalue weighted by molar-refractivity contribution is 7.89. The predicted molar refractivity (Wildman–Crippen MR) is 112 cm³/mol. The van der Waals surface area contributed by atoms with Crippen LogP contribution in [-0.2, 0) is 21.2 Å². The minimum Gasteiger partial charge on any atom is -0.354 e. The van der Waals surface area contributed by atoms with Crippen LogP contribution in [0.1, 0.15) is 29.8 Å². The number of primary sulfonamides is 1. The lowest BCUT2D eigenvalue weighted by molar-refractivity contribution is -0.123. The van der Waals surface area contributed by atoms with Gasteiger partial charge < -0.3 is 10.6 Å². The third-order valence-corrected chi connectivity index (χ3v) is 5.49. The lowest BCUT2D eigenvalue weighted by atomic mass is 10.0. The maximum absolute atomic E-state index is 12.5. The van der Waals surface area contributed by atoms with Crippen molar-refractivity contribution in [1.82, 2.24) is 10.6 Å². The fourth-order valence-electron chi connectivity index (χ4n) is 2.65. The largest absolute Gasteiger partial charge is 0.354 e. The van der Waals surface area contributed by atoms with Gasteiger partial charge in [-0.3, -0.25) is 9.59 Å². The second kappa shape index (κ2) is 9.87. The Bertz CT molecular complexity index is 958. The van der Waals surface area contributed by atoms with Crippen molar-refractivity contribution < 1.29 is 18.0 Å². The first-order chi connectivity index (χ1) is 13.6. The molecule has 0 aliphatic heterocycles. The van der Waals surface area contributed by atoms with E-state index in [9.17, 15) is 18.0 Å². The summed E-state index contributed by atoms with van der Waals surface area (Å²) in [6.07, 6.45) is 0.507. The van der Waals surface area contributed by atoms with Gasteiger partial charge in [0.15, 0.2) is 0 Å². The van der Waals surface area contributed by atoms with E-state index in [1.165, 1.54) is 12.1 Å². The summed E-state index contributed by atoms with van der Waals surface area (Å²) in [7, 11) is -3.73. The monoisotopic (exact) mass is 437 g/mol. The fourth-order valence-corrected chi connectivity index (χ4v) is 3.29. The number of carbonyl (C=O) groups is 2. The Balaban J connectivity index is 1.92. The van der Waals surface area contributed by atoms with Crippen molar-refractivity contribution in [3.05, 3.63) is 64.7 Å². The standard InChI is InChI=1S/C20H24ClN3O4S/c1-13(2)18(24-19(25)15-5-7-16(21)8-6-15)20(26)23-12-11-14-3-9-17(10-4-14)29(22,27)28/h3-10,13,18H,11-12H2,1-2H3,(H,23,26)(H,24,25)(H2,22,27,28)/t18-/m0/s1. The number of benzene rings is 2. The molecule has 156 valence electrons. The van der Waals surface area contributed by atoms with Crippen molar-refractivity contribution in [3.8, 4) is 0 Å². The first kappa shape index (κ1) is 22.9. The maximum atomic E-state index is 12.5. The van der Waals surface area contributed by atoms with Gasteiger partial charge in [0.05, 0.1) is 4.90 Å². The van der Waals surface area contributed by atoms with E-state index in [4.69, 9.17) is 16.7 Å². The predicted octanol–water partition coefficient (Wildman–Crippen LogP) is 2.10. The Morgan fingerprint density at radius 1 is 1.03 bits per heavy atom. The molecule has 4 N–H and O–H groups in total. The molecule has 0 fully saturated rings. The summed E-state index contributed by atoms with van der Waals surface area (Å²) in [4.78, 5) is 25.0. The van der Waals surface area contributed by atoms with Crippen molar-refractivity contribution in [2.75, 3.05) is 6.54 Å². The van der Waals surface area contributed by atoms with Gasteiger partial charge in [-0.05, 0) is 54.3 Å². The van der Waals surface area contributed by atoms with Crippen molar-refractivity contribution in [2.24, 2.45) is 11.1 Å². The second-order valence-corrected chi connectivity index (χ2v) is 8.93. The number of nitrogens with two attached hydrogens (primary N) is 1. The zero-order valence-electron chi connectivity index (χ0n) is 16.2. The van der Waals surface area contributed by atoms with Crippen LogP contribution in [-0.4, -0.2) is 32.8 Å². The normalized spacial score (nSPS) is 12.4. The van der Waals surface area contributed by atoms with E-state index >= 15 is 0 Å². The van der Waals surface area contributed by atoms with E-state index in [1.807, 2.05) is 13.8 Å². The number of hydrogen-bond donors (Lipinski definition) is 3. The topological polar surface area (TPSA) is 118 Å². The van der Waals surface area contributed by atoms with Gasteiger partial charge in [-0.15, -0.1) is 0 Å². The lowest BCUT2D eigenvalue weighted by Crippen LogP contribution is -2.50. The number of halogens is 1. The van der Waals surface area contributed by atoms with Crippen LogP contribution in [0, 0.1) is 5.92 Å². The molecule has 0 unspecified atom stereocenters. The SMILES string of the molecule is CC(C)[C@H](NC(=O)c1ccc(Cl)cc1)C(=O)NCCc1ccc(S(N)(=O)=O)cc1. The Kier molecular flexibility index (Phi) is 7.78. The third kappa shape index (κ3) is 6.85. The molecule has 2 aromatic carbocycles. The van der Waals surface area contributed by atoms with E-state index in [2.05, 4.69) is 10.6 Å². The molecular weight excluding hydrogens is 414 g/mol. The minimum absolute atomic E-state index is 0.0371. The molecule has 1 atom stereocenters. The van der Waals surface area contributed by atoms with Crippen LogP contribution in [0.2, 0.25) is 5.02 Å². The summed E-state index contributed by atoms with van der Waals surface area (Å²) < 4.78 is 22.5.